The first-order chi connectivity index (χ1) is 15.0. The van der Waals surface area contributed by atoms with Crippen LogP contribution in [-0.4, -0.2) is 19.3 Å². The lowest BCUT2D eigenvalue weighted by molar-refractivity contribution is 0.355. The topological polar surface area (TPSA) is 90.7 Å². The Morgan fingerprint density at radius 2 is 1.29 bits per heavy atom. The molecule has 5 nitrogen and oxygen atoms in total. The van der Waals surface area contributed by atoms with E-state index in [9.17, 15) is 5.11 Å². The zero-order chi connectivity index (χ0) is 22.0. The lowest BCUT2D eigenvalue weighted by Crippen LogP contribution is -1.94. The minimum absolute atomic E-state index is 0.169. The van der Waals surface area contributed by atoms with E-state index < -0.39 is 0 Å². The molecule has 0 saturated carbocycles. The number of methoxy groups -OCH3 is 2. The molecule has 0 unspecified atom stereocenters. The van der Waals surface area contributed by atoms with Gasteiger partial charge in [0.1, 0.15) is 5.75 Å². The summed E-state index contributed by atoms with van der Waals surface area (Å²) < 4.78 is 10.8. The van der Waals surface area contributed by atoms with Crippen LogP contribution in [0.15, 0.2) is 78.9 Å². The zero-order valence-corrected chi connectivity index (χ0v) is 17.4. The summed E-state index contributed by atoms with van der Waals surface area (Å²) in [6.45, 7) is 0. The minimum Gasteiger partial charge on any atom is -0.507 e. The van der Waals surface area contributed by atoms with Crippen LogP contribution in [0.4, 0.5) is 11.4 Å². The number of ether oxygens (including phenoxy) is 2. The molecule has 0 aromatic heterocycles. The van der Waals surface area contributed by atoms with E-state index in [1.54, 1.807) is 14.2 Å². The largest absolute Gasteiger partial charge is 0.507 e. The second-order valence-corrected chi connectivity index (χ2v) is 7.20. The Morgan fingerprint density at radius 3 is 1.97 bits per heavy atom. The molecule has 156 valence electrons. The van der Waals surface area contributed by atoms with Gasteiger partial charge in [-0.1, -0.05) is 36.4 Å². The van der Waals surface area contributed by atoms with Crippen LogP contribution in [0.3, 0.4) is 0 Å². The molecule has 0 aliphatic rings. The number of aromatic hydroxyl groups is 1. The number of phenols is 1. The first-order valence-corrected chi connectivity index (χ1v) is 9.82. The molecule has 0 spiro atoms. The van der Waals surface area contributed by atoms with Crippen molar-refractivity contribution in [1.29, 1.82) is 0 Å². The summed E-state index contributed by atoms with van der Waals surface area (Å²) >= 11 is 0. The lowest BCUT2D eigenvalue weighted by Gasteiger charge is -2.17. The molecule has 0 bridgehead atoms. The van der Waals surface area contributed by atoms with E-state index in [0.717, 1.165) is 22.3 Å². The molecule has 0 fully saturated rings. The second-order valence-electron chi connectivity index (χ2n) is 7.20. The van der Waals surface area contributed by atoms with Crippen LogP contribution in [0.25, 0.3) is 33.4 Å². The summed E-state index contributed by atoms with van der Waals surface area (Å²) in [5.41, 5.74) is 18.0. The first kappa shape index (κ1) is 20.2. The molecule has 31 heavy (non-hydrogen) atoms. The van der Waals surface area contributed by atoms with Gasteiger partial charge < -0.3 is 26.0 Å². The second kappa shape index (κ2) is 8.32. The third kappa shape index (κ3) is 3.85. The van der Waals surface area contributed by atoms with Crippen LogP contribution < -0.4 is 20.9 Å². The van der Waals surface area contributed by atoms with Crippen molar-refractivity contribution in [2.75, 3.05) is 25.7 Å². The van der Waals surface area contributed by atoms with Crippen LogP contribution >= 0.6 is 0 Å². The fourth-order valence-electron chi connectivity index (χ4n) is 3.72. The van der Waals surface area contributed by atoms with E-state index in [-0.39, 0.29) is 5.75 Å². The monoisotopic (exact) mass is 412 g/mol. The highest BCUT2D eigenvalue weighted by Gasteiger charge is 2.18. The molecule has 0 aliphatic heterocycles. The molecular formula is C26H24N2O3. The zero-order valence-electron chi connectivity index (χ0n) is 17.4. The van der Waals surface area contributed by atoms with Crippen molar-refractivity contribution in [1.82, 2.24) is 0 Å². The third-order valence-corrected chi connectivity index (χ3v) is 5.27. The van der Waals surface area contributed by atoms with Gasteiger partial charge >= 0.3 is 0 Å². The van der Waals surface area contributed by atoms with Gasteiger partial charge in [-0.15, -0.1) is 0 Å². The molecular weight excluding hydrogens is 388 g/mol. The molecule has 5 N–H and O–H groups in total. The summed E-state index contributed by atoms with van der Waals surface area (Å²) in [6.07, 6.45) is 0. The van der Waals surface area contributed by atoms with Gasteiger partial charge in [0.25, 0.3) is 0 Å². The number of rotatable bonds is 5. The van der Waals surface area contributed by atoms with Crippen LogP contribution in [0.1, 0.15) is 0 Å². The van der Waals surface area contributed by atoms with Gasteiger partial charge in [0.15, 0.2) is 11.5 Å². The van der Waals surface area contributed by atoms with E-state index in [0.29, 0.717) is 34.0 Å². The minimum atomic E-state index is 0.169. The van der Waals surface area contributed by atoms with Gasteiger partial charge in [-0.25, -0.2) is 0 Å². The molecule has 0 radical (unpaired) electrons. The summed E-state index contributed by atoms with van der Waals surface area (Å²) in [4.78, 5) is 0. The van der Waals surface area contributed by atoms with Gasteiger partial charge in [0.05, 0.1) is 14.2 Å². The molecule has 0 aliphatic carbocycles. The molecule has 4 rings (SSSR count). The quantitative estimate of drug-likeness (QED) is 0.373. The average molecular weight is 412 g/mol. The smallest absolute Gasteiger partial charge is 0.161 e. The normalized spacial score (nSPS) is 10.6. The van der Waals surface area contributed by atoms with Gasteiger partial charge in [0.2, 0.25) is 0 Å². The van der Waals surface area contributed by atoms with Crippen molar-refractivity contribution < 1.29 is 14.6 Å². The lowest BCUT2D eigenvalue weighted by atomic mass is 9.89. The van der Waals surface area contributed by atoms with Gasteiger partial charge in [-0.3, -0.25) is 0 Å². The molecule has 0 amide bonds. The van der Waals surface area contributed by atoms with E-state index in [1.165, 1.54) is 0 Å². The van der Waals surface area contributed by atoms with Crippen LogP contribution in [0, 0.1) is 0 Å². The van der Waals surface area contributed by atoms with E-state index in [1.807, 2.05) is 78.9 Å². The first-order valence-electron chi connectivity index (χ1n) is 9.82. The van der Waals surface area contributed by atoms with Crippen LogP contribution in [-0.2, 0) is 0 Å². The Labute approximate surface area is 181 Å². The summed E-state index contributed by atoms with van der Waals surface area (Å²) in [5.74, 6) is 1.42. The standard InChI is InChI=1S/C26H24N2O3/c1-30-23-13-8-17(15-24(23)31-2)21-11-12-22(16-6-9-19(27)10-7-16)26(29)25(21)18-4-3-5-20(28)14-18/h3-15,29H,27-28H2,1-2H3. The summed E-state index contributed by atoms with van der Waals surface area (Å²) in [6, 6.07) is 24.5. The van der Waals surface area contributed by atoms with Crippen molar-refractivity contribution in [3.63, 3.8) is 0 Å². The number of nitrogens with two attached hydrogens (primary N) is 2. The number of anilines is 2. The van der Waals surface area contributed by atoms with Crippen molar-refractivity contribution in [2.45, 2.75) is 0 Å². The van der Waals surface area contributed by atoms with Gasteiger partial charge in [0, 0.05) is 22.5 Å². The number of benzene rings is 4. The maximum Gasteiger partial charge on any atom is 0.161 e. The molecule has 5 heteroatoms. The Kier molecular flexibility index (Phi) is 5.41. The number of hydrogen-bond donors (Lipinski definition) is 3. The Hall–Kier alpha value is -4.12. The van der Waals surface area contributed by atoms with E-state index in [2.05, 4.69) is 0 Å². The number of nitrogen functional groups attached to an aromatic ring is 2. The summed E-state index contributed by atoms with van der Waals surface area (Å²) in [7, 11) is 3.20. The number of phenolic OH excluding ortho intramolecular Hbond substituents is 1. The van der Waals surface area contributed by atoms with Gasteiger partial charge in [-0.2, -0.15) is 0 Å². The molecule has 0 saturated heterocycles. The van der Waals surface area contributed by atoms with Crippen molar-refractivity contribution >= 4 is 11.4 Å². The van der Waals surface area contributed by atoms with Crippen molar-refractivity contribution in [3.8, 4) is 50.6 Å². The average Bonchev–Trinajstić information content (AvgIpc) is 2.79. The fraction of sp³-hybridized carbons (Fsp3) is 0.0769. The molecule has 4 aromatic rings. The SMILES string of the molecule is COc1ccc(-c2ccc(-c3ccc(N)cc3)c(O)c2-c2cccc(N)c2)cc1OC. The maximum absolute atomic E-state index is 11.4. The van der Waals surface area contributed by atoms with E-state index >= 15 is 0 Å². The fourth-order valence-corrected chi connectivity index (χ4v) is 3.72. The van der Waals surface area contributed by atoms with Crippen LogP contribution in [0.5, 0.6) is 17.2 Å². The van der Waals surface area contributed by atoms with E-state index in [4.69, 9.17) is 20.9 Å². The Bertz CT molecular complexity index is 1230. The summed E-state index contributed by atoms with van der Waals surface area (Å²) in [5, 5.41) is 11.4. The predicted molar refractivity (Wildman–Crippen MR) is 126 cm³/mol. The highest BCUT2D eigenvalue weighted by atomic mass is 16.5. The Morgan fingerprint density at radius 1 is 0.613 bits per heavy atom. The highest BCUT2D eigenvalue weighted by molar-refractivity contribution is 5.94. The van der Waals surface area contributed by atoms with Gasteiger partial charge in [-0.05, 0) is 64.7 Å². The molecule has 0 heterocycles. The molecule has 4 aromatic carbocycles. The highest BCUT2D eigenvalue weighted by Crippen LogP contribution is 2.46. The maximum atomic E-state index is 11.4. The third-order valence-electron chi connectivity index (χ3n) is 5.27. The van der Waals surface area contributed by atoms with Crippen molar-refractivity contribution in [2.24, 2.45) is 0 Å². The predicted octanol–water partition coefficient (Wildman–Crippen LogP) is 5.57. The Balaban J connectivity index is 1.97. The van der Waals surface area contributed by atoms with Crippen LogP contribution in [0.2, 0.25) is 0 Å². The van der Waals surface area contributed by atoms with Crippen molar-refractivity contribution in [3.05, 3.63) is 78.9 Å². The molecule has 0 atom stereocenters. The number of hydrogen-bond acceptors (Lipinski definition) is 5.